The fourth-order valence-corrected chi connectivity index (χ4v) is 4.13. The van der Waals surface area contributed by atoms with Crippen molar-refractivity contribution in [2.75, 3.05) is 6.26 Å². The lowest BCUT2D eigenvalue weighted by Crippen LogP contribution is -2.13. The molecule has 0 saturated heterocycles. The zero-order chi connectivity index (χ0) is 45.5. The Morgan fingerprint density at radius 1 is 0.482 bits per heavy atom. The van der Waals surface area contributed by atoms with Crippen LogP contribution in [0, 0.1) is 23.7 Å². The Kier molecular flexibility index (Phi) is 48.7. The van der Waals surface area contributed by atoms with Crippen LogP contribution >= 0.6 is 0 Å². The topological polar surface area (TPSA) is 85.3 Å². The van der Waals surface area contributed by atoms with Crippen LogP contribution in [0.5, 0.6) is 0 Å². The van der Waals surface area contributed by atoms with Crippen LogP contribution in [0.2, 0.25) is 0 Å². The summed E-state index contributed by atoms with van der Waals surface area (Å²) < 4.78 is 43.7. The smallest absolute Gasteiger partial charge is 0.180 e. The highest BCUT2D eigenvalue weighted by molar-refractivity contribution is 7.92. The Bertz CT molecular complexity index is 1380. The number of hydrogen-bond donors (Lipinski definition) is 0. The van der Waals surface area contributed by atoms with E-state index < -0.39 is 19.7 Å². The molecule has 0 aromatic heterocycles. The van der Waals surface area contributed by atoms with Crippen LogP contribution in [-0.4, -0.2) is 39.4 Å². The van der Waals surface area contributed by atoms with E-state index in [1.807, 2.05) is 55.4 Å². The molecular weight excluding hydrogens is 733 g/mol. The molecule has 0 bridgehead atoms. The molecule has 0 fully saturated rings. The molecule has 0 unspecified atom stereocenters. The Labute approximate surface area is 350 Å². The van der Waals surface area contributed by atoms with Gasteiger partial charge >= 0.3 is 0 Å². The van der Waals surface area contributed by atoms with Crippen molar-refractivity contribution >= 4 is 25.5 Å². The van der Waals surface area contributed by atoms with Crippen molar-refractivity contribution in [3.63, 3.8) is 0 Å². The van der Waals surface area contributed by atoms with E-state index in [0.717, 1.165) is 17.8 Å². The minimum Gasteiger partial charge on any atom is -0.300 e. The SMILES string of the molecule is CC.CC.CC.CC(=O)C(C)C.CC(C)Cc1ccccc1.CC(C)Cc1ccccc1.CC(C)S(=O)(=O)c1ccccc1.CC(C)S(C)(=O)=O.CCC(C)C. The molecule has 56 heavy (non-hydrogen) atoms. The minimum absolute atomic E-state index is 0.213. The molecule has 0 aliphatic carbocycles. The van der Waals surface area contributed by atoms with E-state index in [0.29, 0.717) is 4.90 Å². The van der Waals surface area contributed by atoms with Crippen LogP contribution < -0.4 is 0 Å². The van der Waals surface area contributed by atoms with E-state index in [-0.39, 0.29) is 22.2 Å². The summed E-state index contributed by atoms with van der Waals surface area (Å²) in [4.78, 5) is 10.5. The van der Waals surface area contributed by atoms with Gasteiger partial charge in [-0.2, -0.15) is 0 Å². The second-order valence-electron chi connectivity index (χ2n) is 14.5. The molecule has 0 heterocycles. The maximum Gasteiger partial charge on any atom is 0.180 e. The van der Waals surface area contributed by atoms with Crippen molar-refractivity contribution in [1.29, 1.82) is 0 Å². The van der Waals surface area contributed by atoms with Gasteiger partial charge in [-0.05, 0) is 88.5 Å². The van der Waals surface area contributed by atoms with Gasteiger partial charge in [0.2, 0.25) is 0 Å². The number of rotatable bonds is 9. The van der Waals surface area contributed by atoms with Crippen molar-refractivity contribution < 1.29 is 21.6 Å². The third-order valence-corrected chi connectivity index (χ3v) is 11.0. The molecule has 5 nitrogen and oxygen atoms in total. The van der Waals surface area contributed by atoms with Crippen molar-refractivity contribution in [1.82, 2.24) is 0 Å². The predicted octanol–water partition coefficient (Wildman–Crippen LogP) is 14.4. The van der Waals surface area contributed by atoms with Crippen LogP contribution in [0.25, 0.3) is 0 Å². The van der Waals surface area contributed by atoms with Gasteiger partial charge in [-0.25, -0.2) is 16.8 Å². The van der Waals surface area contributed by atoms with E-state index in [9.17, 15) is 21.6 Å². The molecule has 0 radical (unpaired) electrons. The van der Waals surface area contributed by atoms with Crippen molar-refractivity contribution in [3.8, 4) is 0 Å². The summed E-state index contributed by atoms with van der Waals surface area (Å²) in [6, 6.07) is 29.7. The molecule has 328 valence electrons. The maximum atomic E-state index is 11.5. The van der Waals surface area contributed by atoms with E-state index in [2.05, 4.69) is 109 Å². The maximum absolute atomic E-state index is 11.5. The van der Waals surface area contributed by atoms with E-state index in [1.54, 1.807) is 65.0 Å². The van der Waals surface area contributed by atoms with Gasteiger partial charge in [0.15, 0.2) is 9.84 Å². The summed E-state index contributed by atoms with van der Waals surface area (Å²) >= 11 is 0. The molecule has 0 aliphatic rings. The summed E-state index contributed by atoms with van der Waals surface area (Å²) in [6.45, 7) is 39.7. The standard InChI is InChI=1S/2C10H14.C9H12O2S.C5H10O.C5H12.C4H10O2S.3C2H6/c2*1-9(2)8-10-6-4-3-5-7-10;1-8(2)12(10,11)9-6-4-3-5-7-9;1-4(2)5(3)6;1-4-5(2)3;1-4(2)7(3,5)6;3*1-2/h2*3-7,9H,8H2,1-2H3;3-8H,1-2H3;4H,1-3H3;5H,4H2,1-3H3;4H,1-3H3;3*1-2H3. The Morgan fingerprint density at radius 3 is 0.875 bits per heavy atom. The molecule has 3 aromatic carbocycles. The lowest BCUT2D eigenvalue weighted by atomic mass is 10.0. The van der Waals surface area contributed by atoms with Gasteiger partial charge in [0.1, 0.15) is 15.6 Å². The van der Waals surface area contributed by atoms with E-state index in [1.165, 1.54) is 36.6 Å². The Hall–Kier alpha value is -2.77. The first-order valence-corrected chi connectivity index (χ1v) is 24.5. The molecule has 3 rings (SSSR count). The lowest BCUT2D eigenvalue weighted by Gasteiger charge is -2.06. The highest BCUT2D eigenvalue weighted by Gasteiger charge is 2.17. The highest BCUT2D eigenvalue weighted by Crippen LogP contribution is 2.14. The number of sulfone groups is 2. The highest BCUT2D eigenvalue weighted by atomic mass is 32.2. The van der Waals surface area contributed by atoms with Crippen LogP contribution in [0.4, 0.5) is 0 Å². The zero-order valence-electron chi connectivity index (χ0n) is 40.1. The second kappa shape index (κ2) is 41.9. The Morgan fingerprint density at radius 2 is 0.714 bits per heavy atom. The first kappa shape index (κ1) is 65.1. The molecule has 3 aromatic rings. The average Bonchev–Trinajstić information content (AvgIpc) is 3.15. The first-order valence-electron chi connectivity index (χ1n) is 21.0. The van der Waals surface area contributed by atoms with Crippen LogP contribution in [-0.2, 0) is 37.3 Å². The number of benzene rings is 3. The summed E-state index contributed by atoms with van der Waals surface area (Å²) in [6.07, 6.45) is 4.93. The van der Waals surface area contributed by atoms with Gasteiger partial charge < -0.3 is 0 Å². The average molecular weight is 823 g/mol. The number of carbonyl (C=O) groups excluding carboxylic acids is 1. The van der Waals surface area contributed by atoms with Gasteiger partial charge in [0, 0.05) is 12.2 Å². The summed E-state index contributed by atoms with van der Waals surface area (Å²) in [5, 5.41) is -0.576. The van der Waals surface area contributed by atoms with Crippen LogP contribution in [0.3, 0.4) is 0 Å². The predicted molar refractivity (Wildman–Crippen MR) is 253 cm³/mol. The zero-order valence-corrected chi connectivity index (χ0v) is 41.7. The number of Topliss-reactive ketones (excluding diaryl/α,β-unsaturated/α-hetero) is 1. The van der Waals surface area contributed by atoms with Gasteiger partial charge in [-0.3, -0.25) is 4.79 Å². The fourth-order valence-electron chi connectivity index (χ4n) is 3.05. The second-order valence-corrected chi connectivity index (χ2v) is 19.6. The molecule has 0 aliphatic heterocycles. The summed E-state index contributed by atoms with van der Waals surface area (Å²) in [7, 11) is -5.82. The molecule has 7 heteroatoms. The largest absolute Gasteiger partial charge is 0.300 e. The van der Waals surface area contributed by atoms with Crippen molar-refractivity contribution in [2.45, 2.75) is 173 Å². The van der Waals surface area contributed by atoms with Gasteiger partial charge in [-0.15, -0.1) is 0 Å². The molecular formula is C49H90O5S2. The molecule has 0 N–H and O–H groups in total. The fraction of sp³-hybridized carbons (Fsp3) is 0.612. The van der Waals surface area contributed by atoms with Gasteiger partial charge in [0.25, 0.3) is 0 Å². The molecule has 0 spiro atoms. The number of hydrogen-bond acceptors (Lipinski definition) is 5. The van der Waals surface area contributed by atoms with Crippen molar-refractivity contribution in [3.05, 3.63) is 102 Å². The summed E-state index contributed by atoms with van der Waals surface area (Å²) in [5.74, 6) is 2.89. The van der Waals surface area contributed by atoms with Crippen LogP contribution in [0.15, 0.2) is 95.9 Å². The number of ketones is 1. The van der Waals surface area contributed by atoms with E-state index in [4.69, 9.17) is 0 Å². The first-order chi connectivity index (χ1) is 26.0. The molecule has 0 amide bonds. The normalized spacial score (nSPS) is 9.98. The quantitative estimate of drug-likeness (QED) is 0.215. The third kappa shape index (κ3) is 45.6. The third-order valence-electron chi connectivity index (χ3n) is 7.15. The minimum atomic E-state index is -3.08. The van der Waals surface area contributed by atoms with Gasteiger partial charge in [-0.1, -0.05) is 189 Å². The molecule has 0 atom stereocenters. The monoisotopic (exact) mass is 823 g/mol. The van der Waals surface area contributed by atoms with Crippen molar-refractivity contribution in [2.24, 2.45) is 23.7 Å². The lowest BCUT2D eigenvalue weighted by molar-refractivity contribution is -0.119. The summed E-state index contributed by atoms with van der Waals surface area (Å²) in [5.41, 5.74) is 2.88. The number of carbonyl (C=O) groups is 1. The molecule has 0 saturated carbocycles. The Balaban J connectivity index is -0.000000133. The van der Waals surface area contributed by atoms with Gasteiger partial charge in [0.05, 0.1) is 15.4 Å². The van der Waals surface area contributed by atoms with Crippen LogP contribution in [0.1, 0.15) is 156 Å². The van der Waals surface area contributed by atoms with E-state index >= 15 is 0 Å².